The van der Waals surface area contributed by atoms with Crippen LogP contribution in [0.15, 0.2) is 24.5 Å². The highest BCUT2D eigenvalue weighted by molar-refractivity contribution is 5.94. The number of hydrogen-bond donors (Lipinski definition) is 1. The predicted molar refractivity (Wildman–Crippen MR) is 66.2 cm³/mol. The van der Waals surface area contributed by atoms with Gasteiger partial charge in [0.05, 0.1) is 20.6 Å². The molecule has 0 amide bonds. The number of aromatic nitrogens is 1. The molecule has 94 valence electrons. The average Bonchev–Trinajstić information content (AvgIpc) is 2.37. The van der Waals surface area contributed by atoms with Gasteiger partial charge in [-0.05, 0) is 17.7 Å². The van der Waals surface area contributed by atoms with Crippen LogP contribution in [0.25, 0.3) is 10.8 Å². The van der Waals surface area contributed by atoms with E-state index in [2.05, 4.69) is 4.98 Å². The Morgan fingerprint density at radius 3 is 2.67 bits per heavy atom. The number of aliphatic carboxylic acids is 1. The minimum absolute atomic E-state index is 0.103. The average molecular weight is 247 g/mol. The number of nitrogens with zero attached hydrogens (tertiary/aromatic N) is 1. The van der Waals surface area contributed by atoms with Crippen molar-refractivity contribution < 1.29 is 19.4 Å². The number of carboxylic acids is 1. The van der Waals surface area contributed by atoms with E-state index in [9.17, 15) is 4.79 Å². The number of carboxylic acid groups (broad SMARTS) is 1. The van der Waals surface area contributed by atoms with E-state index in [1.165, 1.54) is 7.11 Å². The van der Waals surface area contributed by atoms with E-state index in [0.717, 1.165) is 10.8 Å². The van der Waals surface area contributed by atoms with Crippen molar-refractivity contribution in [2.24, 2.45) is 0 Å². The summed E-state index contributed by atoms with van der Waals surface area (Å²) in [5, 5.41) is 10.5. The molecule has 0 saturated heterocycles. The fourth-order valence-electron chi connectivity index (χ4n) is 1.95. The molecule has 0 aliphatic heterocycles. The molecule has 0 aliphatic rings. The van der Waals surface area contributed by atoms with Gasteiger partial charge in [-0.15, -0.1) is 0 Å². The fourth-order valence-corrected chi connectivity index (χ4v) is 1.95. The van der Waals surface area contributed by atoms with Crippen LogP contribution >= 0.6 is 0 Å². The van der Waals surface area contributed by atoms with Crippen molar-refractivity contribution in [2.45, 2.75) is 6.42 Å². The van der Waals surface area contributed by atoms with Crippen LogP contribution in [0.4, 0.5) is 0 Å². The van der Waals surface area contributed by atoms with Gasteiger partial charge in [0.15, 0.2) is 11.5 Å². The van der Waals surface area contributed by atoms with Gasteiger partial charge in [-0.1, -0.05) is 0 Å². The molecule has 1 N–H and O–H groups in total. The molecule has 0 spiro atoms. The Morgan fingerprint density at radius 2 is 2.06 bits per heavy atom. The van der Waals surface area contributed by atoms with Gasteiger partial charge in [0, 0.05) is 23.2 Å². The Bertz CT molecular complexity index is 595. The van der Waals surface area contributed by atoms with Crippen LogP contribution in [-0.4, -0.2) is 30.3 Å². The van der Waals surface area contributed by atoms with E-state index in [4.69, 9.17) is 14.6 Å². The Hall–Kier alpha value is -2.30. The summed E-state index contributed by atoms with van der Waals surface area (Å²) in [6, 6.07) is 3.60. The van der Waals surface area contributed by atoms with E-state index in [-0.39, 0.29) is 6.42 Å². The van der Waals surface area contributed by atoms with Gasteiger partial charge in [-0.3, -0.25) is 9.78 Å². The summed E-state index contributed by atoms with van der Waals surface area (Å²) in [6.45, 7) is 0. The second-order valence-electron chi connectivity index (χ2n) is 3.77. The van der Waals surface area contributed by atoms with Crippen LogP contribution in [0.3, 0.4) is 0 Å². The van der Waals surface area contributed by atoms with Crippen molar-refractivity contribution in [2.75, 3.05) is 14.2 Å². The van der Waals surface area contributed by atoms with Crippen molar-refractivity contribution >= 4 is 16.7 Å². The van der Waals surface area contributed by atoms with Gasteiger partial charge in [0.1, 0.15) is 0 Å². The lowest BCUT2D eigenvalue weighted by Gasteiger charge is -2.12. The molecule has 2 rings (SSSR count). The smallest absolute Gasteiger partial charge is 0.307 e. The lowest BCUT2D eigenvalue weighted by molar-refractivity contribution is -0.136. The molecule has 2 aromatic rings. The fraction of sp³-hybridized carbons (Fsp3) is 0.231. The summed E-state index contributed by atoms with van der Waals surface area (Å²) in [6.07, 6.45) is 3.11. The first-order valence-corrected chi connectivity index (χ1v) is 5.36. The Kier molecular flexibility index (Phi) is 3.32. The number of rotatable bonds is 4. The van der Waals surface area contributed by atoms with E-state index in [1.54, 1.807) is 25.6 Å². The summed E-state index contributed by atoms with van der Waals surface area (Å²) in [5.74, 6) is 0.200. The van der Waals surface area contributed by atoms with Crippen molar-refractivity contribution in [3.05, 3.63) is 30.1 Å². The molecule has 5 heteroatoms. The third-order valence-electron chi connectivity index (χ3n) is 2.68. The van der Waals surface area contributed by atoms with Crippen LogP contribution < -0.4 is 9.47 Å². The lowest BCUT2D eigenvalue weighted by atomic mass is 10.0. The molecule has 0 bridgehead atoms. The van der Waals surface area contributed by atoms with Crippen LogP contribution in [0, 0.1) is 0 Å². The third kappa shape index (κ3) is 2.07. The highest BCUT2D eigenvalue weighted by Gasteiger charge is 2.14. The number of benzene rings is 1. The predicted octanol–water partition coefficient (Wildman–Crippen LogP) is 1.88. The second-order valence-corrected chi connectivity index (χ2v) is 3.77. The van der Waals surface area contributed by atoms with Crippen LogP contribution in [0.2, 0.25) is 0 Å². The summed E-state index contributed by atoms with van der Waals surface area (Å²) in [5.41, 5.74) is 0.607. The van der Waals surface area contributed by atoms with Crippen LogP contribution in [0.1, 0.15) is 5.56 Å². The topological polar surface area (TPSA) is 68.7 Å². The largest absolute Gasteiger partial charge is 0.493 e. The Labute approximate surface area is 104 Å². The quantitative estimate of drug-likeness (QED) is 0.893. The second kappa shape index (κ2) is 4.91. The molecule has 0 unspecified atom stereocenters. The molecule has 0 atom stereocenters. The van der Waals surface area contributed by atoms with Crippen molar-refractivity contribution in [3.8, 4) is 11.5 Å². The molecule has 5 nitrogen and oxygen atoms in total. The monoisotopic (exact) mass is 247 g/mol. The van der Waals surface area contributed by atoms with Crippen LogP contribution in [0.5, 0.6) is 11.5 Å². The molecule has 1 aromatic carbocycles. The number of ether oxygens (including phenoxy) is 2. The maximum atomic E-state index is 10.9. The highest BCUT2D eigenvalue weighted by atomic mass is 16.5. The Morgan fingerprint density at radius 1 is 1.28 bits per heavy atom. The molecule has 0 saturated carbocycles. The first-order valence-electron chi connectivity index (χ1n) is 5.36. The van der Waals surface area contributed by atoms with E-state index >= 15 is 0 Å². The van der Waals surface area contributed by atoms with Gasteiger partial charge in [0.25, 0.3) is 0 Å². The summed E-state index contributed by atoms with van der Waals surface area (Å²) in [7, 11) is 3.07. The number of carbonyl (C=O) groups is 1. The lowest BCUT2D eigenvalue weighted by Crippen LogP contribution is -2.02. The molecule has 0 aliphatic carbocycles. The summed E-state index contributed by atoms with van der Waals surface area (Å²) in [4.78, 5) is 14.9. The highest BCUT2D eigenvalue weighted by Crippen LogP contribution is 2.37. The number of hydrogen-bond acceptors (Lipinski definition) is 4. The molecule has 18 heavy (non-hydrogen) atoms. The SMILES string of the molecule is COc1ccc2cncc(CC(=O)O)c2c1OC. The van der Waals surface area contributed by atoms with Crippen molar-refractivity contribution in [1.29, 1.82) is 0 Å². The Balaban J connectivity index is 2.74. The zero-order valence-corrected chi connectivity index (χ0v) is 10.1. The van der Waals surface area contributed by atoms with Gasteiger partial charge in [0.2, 0.25) is 0 Å². The van der Waals surface area contributed by atoms with Crippen LogP contribution in [-0.2, 0) is 11.2 Å². The van der Waals surface area contributed by atoms with Crippen molar-refractivity contribution in [1.82, 2.24) is 4.98 Å². The number of fused-ring (bicyclic) bond motifs is 1. The zero-order chi connectivity index (χ0) is 13.1. The normalized spacial score (nSPS) is 10.3. The molecule has 0 radical (unpaired) electrons. The van der Waals surface area contributed by atoms with Gasteiger partial charge in [-0.25, -0.2) is 0 Å². The number of methoxy groups -OCH3 is 2. The van der Waals surface area contributed by atoms with Gasteiger partial charge < -0.3 is 14.6 Å². The van der Waals surface area contributed by atoms with E-state index < -0.39 is 5.97 Å². The van der Waals surface area contributed by atoms with Gasteiger partial charge in [-0.2, -0.15) is 0 Å². The minimum atomic E-state index is -0.908. The minimum Gasteiger partial charge on any atom is -0.493 e. The molecular weight excluding hydrogens is 234 g/mol. The third-order valence-corrected chi connectivity index (χ3v) is 2.68. The van der Waals surface area contributed by atoms with E-state index in [0.29, 0.717) is 17.1 Å². The molecule has 0 fully saturated rings. The molecule has 1 aromatic heterocycles. The first kappa shape index (κ1) is 12.2. The molecular formula is C13H13NO4. The van der Waals surface area contributed by atoms with E-state index in [1.807, 2.05) is 6.07 Å². The maximum Gasteiger partial charge on any atom is 0.307 e. The molecule has 1 heterocycles. The summed E-state index contributed by atoms with van der Waals surface area (Å²) < 4.78 is 10.5. The maximum absolute atomic E-state index is 10.9. The zero-order valence-electron chi connectivity index (χ0n) is 10.1. The standard InChI is InChI=1S/C13H13NO4/c1-17-10-4-3-8-6-14-7-9(5-11(15)16)12(8)13(10)18-2/h3-4,6-7H,5H2,1-2H3,(H,15,16). The van der Waals surface area contributed by atoms with Gasteiger partial charge >= 0.3 is 5.97 Å². The summed E-state index contributed by atoms with van der Waals surface area (Å²) >= 11 is 0. The first-order chi connectivity index (χ1) is 8.67. The number of pyridine rings is 1. The van der Waals surface area contributed by atoms with Crippen molar-refractivity contribution in [3.63, 3.8) is 0 Å².